The van der Waals surface area contributed by atoms with Crippen molar-refractivity contribution in [1.29, 1.82) is 0 Å². The summed E-state index contributed by atoms with van der Waals surface area (Å²) < 4.78 is 30.9. The second kappa shape index (κ2) is 12.3. The van der Waals surface area contributed by atoms with E-state index in [9.17, 15) is 13.2 Å². The highest BCUT2D eigenvalue weighted by Crippen LogP contribution is 2.62. The molecule has 0 aliphatic heterocycles. The third kappa shape index (κ3) is 5.63. The SMILES string of the molecule is Cc1ccc(/C(NS(=O)(=O)c2ccc(C)cc2)=C2/C(=O)[C@@H]3[C@@H](c4ccccc4[C@@H]3CC(=O)c3ccccc3)[C@H]2c2ccccc2)cc1. The lowest BCUT2D eigenvalue weighted by Crippen LogP contribution is -2.26. The van der Waals surface area contributed by atoms with E-state index in [2.05, 4.69) is 10.8 Å². The van der Waals surface area contributed by atoms with Crippen molar-refractivity contribution in [3.05, 3.63) is 178 Å². The average Bonchev–Trinajstić information content (AvgIpc) is 3.57. The molecule has 0 radical (unpaired) electrons. The van der Waals surface area contributed by atoms with Gasteiger partial charge < -0.3 is 0 Å². The summed E-state index contributed by atoms with van der Waals surface area (Å²) in [6.45, 7) is 3.87. The molecule has 0 amide bonds. The molecule has 0 bridgehead atoms. The van der Waals surface area contributed by atoms with E-state index in [-0.39, 0.29) is 40.4 Å². The first kappa shape index (κ1) is 30.6. The molecule has 1 saturated carbocycles. The molecule has 7 rings (SSSR count). The van der Waals surface area contributed by atoms with Crippen LogP contribution >= 0.6 is 0 Å². The van der Waals surface area contributed by atoms with E-state index in [4.69, 9.17) is 0 Å². The molecule has 47 heavy (non-hydrogen) atoms. The largest absolute Gasteiger partial charge is 0.294 e. The van der Waals surface area contributed by atoms with Gasteiger partial charge in [0.25, 0.3) is 10.0 Å². The number of Topliss-reactive ketones (excluding diaryl/α,β-unsaturated/α-hetero) is 2. The zero-order valence-corrected chi connectivity index (χ0v) is 27.1. The van der Waals surface area contributed by atoms with E-state index >= 15 is 4.79 Å². The van der Waals surface area contributed by atoms with Crippen molar-refractivity contribution in [1.82, 2.24) is 4.72 Å². The summed E-state index contributed by atoms with van der Waals surface area (Å²) in [7, 11) is -4.07. The predicted octanol–water partition coefficient (Wildman–Crippen LogP) is 8.13. The molecule has 2 aliphatic rings. The summed E-state index contributed by atoms with van der Waals surface area (Å²) in [5, 5.41) is 0. The molecule has 2 aliphatic carbocycles. The van der Waals surface area contributed by atoms with Crippen molar-refractivity contribution in [3.8, 4) is 0 Å². The van der Waals surface area contributed by atoms with E-state index in [1.807, 2.05) is 117 Å². The first-order chi connectivity index (χ1) is 22.7. The molecule has 5 aromatic carbocycles. The summed E-state index contributed by atoms with van der Waals surface area (Å²) in [5.74, 6) is -1.75. The molecule has 5 nitrogen and oxygen atoms in total. The molecule has 0 saturated heterocycles. The van der Waals surface area contributed by atoms with Crippen LogP contribution in [0.1, 0.15) is 67.9 Å². The Morgan fingerprint density at radius 3 is 1.83 bits per heavy atom. The number of aryl methyl sites for hydroxylation is 2. The molecule has 0 heterocycles. The number of rotatable bonds is 8. The molecule has 4 atom stereocenters. The van der Waals surface area contributed by atoms with Crippen LogP contribution in [0, 0.1) is 19.8 Å². The number of carbonyl (C=O) groups is 2. The maximum atomic E-state index is 15.1. The highest BCUT2D eigenvalue weighted by atomic mass is 32.2. The van der Waals surface area contributed by atoms with Gasteiger partial charge in [0, 0.05) is 41.2 Å². The zero-order chi connectivity index (χ0) is 32.7. The van der Waals surface area contributed by atoms with Crippen molar-refractivity contribution < 1.29 is 18.0 Å². The zero-order valence-electron chi connectivity index (χ0n) is 26.3. The Labute approximate surface area is 276 Å². The minimum Gasteiger partial charge on any atom is -0.294 e. The Kier molecular flexibility index (Phi) is 7.98. The topological polar surface area (TPSA) is 80.3 Å². The van der Waals surface area contributed by atoms with Gasteiger partial charge in [0.05, 0.1) is 10.6 Å². The molecular weight excluding hydrogens is 603 g/mol. The molecule has 234 valence electrons. The number of benzene rings is 5. The fourth-order valence-corrected chi connectivity index (χ4v) is 8.54. The van der Waals surface area contributed by atoms with E-state index in [1.54, 1.807) is 24.3 Å². The third-order valence-corrected chi connectivity index (χ3v) is 11.0. The Morgan fingerprint density at radius 2 is 1.19 bits per heavy atom. The lowest BCUT2D eigenvalue weighted by atomic mass is 9.80. The smallest absolute Gasteiger partial charge is 0.261 e. The number of sulfonamides is 1. The minimum atomic E-state index is -4.07. The second-order valence-electron chi connectivity index (χ2n) is 12.6. The average molecular weight is 638 g/mol. The van der Waals surface area contributed by atoms with E-state index in [0.717, 1.165) is 27.8 Å². The quantitative estimate of drug-likeness (QED) is 0.138. The standard InChI is InChI=1S/C41H35NO4S/c1-26-17-21-30(22-18-26)40(42-47(45,46)31-23-19-27(2)20-24-31)39-36(29-13-7-4-8-14-29)37-33-16-10-9-15-32(33)34(38(37)41(39)44)25-35(43)28-11-5-3-6-12-28/h3-24,34,36-38,42H,25H2,1-2H3/b40-39-/t34-,36+,37-,38-/m0/s1. The van der Waals surface area contributed by atoms with E-state index in [0.29, 0.717) is 16.7 Å². The first-order valence-electron chi connectivity index (χ1n) is 15.9. The number of allylic oxidation sites excluding steroid dienone is 1. The van der Waals surface area contributed by atoms with Crippen molar-refractivity contribution >= 4 is 27.3 Å². The molecule has 6 heteroatoms. The molecule has 0 aromatic heterocycles. The minimum absolute atomic E-state index is 0.0219. The fourth-order valence-electron chi connectivity index (χ4n) is 7.43. The Hall–Kier alpha value is -5.07. The first-order valence-corrected chi connectivity index (χ1v) is 17.4. The molecule has 0 unspecified atom stereocenters. The number of hydrogen-bond donors (Lipinski definition) is 1. The van der Waals surface area contributed by atoms with Crippen molar-refractivity contribution in [2.75, 3.05) is 0 Å². The predicted molar refractivity (Wildman–Crippen MR) is 185 cm³/mol. The lowest BCUT2D eigenvalue weighted by Gasteiger charge is -2.24. The van der Waals surface area contributed by atoms with Gasteiger partial charge in [0.2, 0.25) is 0 Å². The van der Waals surface area contributed by atoms with Gasteiger partial charge >= 0.3 is 0 Å². The highest BCUT2D eigenvalue weighted by Gasteiger charge is 2.57. The number of fused-ring (bicyclic) bond motifs is 3. The van der Waals surface area contributed by atoms with Crippen molar-refractivity contribution in [2.24, 2.45) is 5.92 Å². The summed E-state index contributed by atoms with van der Waals surface area (Å²) in [6, 6.07) is 41.3. The van der Waals surface area contributed by atoms with Crippen LogP contribution in [-0.2, 0) is 14.8 Å². The molecular formula is C41H35NO4S. The second-order valence-corrected chi connectivity index (χ2v) is 14.3. The molecule has 1 N–H and O–H groups in total. The molecule has 5 aromatic rings. The number of carbonyl (C=O) groups excluding carboxylic acids is 2. The fraction of sp³-hybridized carbons (Fsp3) is 0.171. The van der Waals surface area contributed by atoms with Gasteiger partial charge in [-0.15, -0.1) is 0 Å². The number of hydrogen-bond acceptors (Lipinski definition) is 4. The number of nitrogens with one attached hydrogen (secondary N) is 1. The van der Waals surface area contributed by atoms with Crippen LogP contribution in [0.25, 0.3) is 5.70 Å². The summed E-state index contributed by atoms with van der Waals surface area (Å²) in [4.78, 5) is 28.9. The van der Waals surface area contributed by atoms with Crippen LogP contribution in [0.2, 0.25) is 0 Å². The summed E-state index contributed by atoms with van der Waals surface area (Å²) in [6.07, 6.45) is 0.178. The van der Waals surface area contributed by atoms with Crippen LogP contribution in [0.15, 0.2) is 144 Å². The van der Waals surface area contributed by atoms with Crippen LogP contribution < -0.4 is 4.72 Å². The van der Waals surface area contributed by atoms with Crippen LogP contribution in [0.5, 0.6) is 0 Å². The van der Waals surface area contributed by atoms with Gasteiger partial charge in [-0.25, -0.2) is 8.42 Å². The van der Waals surface area contributed by atoms with Crippen molar-refractivity contribution in [2.45, 2.75) is 42.9 Å². The monoisotopic (exact) mass is 637 g/mol. The van der Waals surface area contributed by atoms with Gasteiger partial charge in [0.15, 0.2) is 11.6 Å². The molecule has 1 fully saturated rings. The third-order valence-electron chi connectivity index (χ3n) is 9.65. The lowest BCUT2D eigenvalue weighted by molar-refractivity contribution is -0.118. The van der Waals surface area contributed by atoms with Crippen LogP contribution in [-0.4, -0.2) is 20.0 Å². The Morgan fingerprint density at radius 1 is 0.638 bits per heavy atom. The summed E-state index contributed by atoms with van der Waals surface area (Å²) in [5.41, 5.74) is 6.86. The maximum absolute atomic E-state index is 15.1. The van der Waals surface area contributed by atoms with Gasteiger partial charge in [-0.3, -0.25) is 14.3 Å². The van der Waals surface area contributed by atoms with Crippen molar-refractivity contribution in [3.63, 3.8) is 0 Å². The van der Waals surface area contributed by atoms with E-state index in [1.165, 1.54) is 0 Å². The maximum Gasteiger partial charge on any atom is 0.261 e. The van der Waals surface area contributed by atoms with Crippen LogP contribution in [0.4, 0.5) is 0 Å². The van der Waals surface area contributed by atoms with Gasteiger partial charge in [0.1, 0.15) is 0 Å². The highest BCUT2D eigenvalue weighted by molar-refractivity contribution is 7.89. The summed E-state index contributed by atoms with van der Waals surface area (Å²) >= 11 is 0. The Bertz CT molecular complexity index is 2100. The van der Waals surface area contributed by atoms with Gasteiger partial charge in [-0.05, 0) is 48.2 Å². The normalized spacial score (nSPS) is 21.2. The number of ketones is 2. The van der Waals surface area contributed by atoms with E-state index < -0.39 is 21.9 Å². The van der Waals surface area contributed by atoms with Crippen LogP contribution in [0.3, 0.4) is 0 Å². The molecule has 0 spiro atoms. The Balaban J connectivity index is 1.44. The van der Waals surface area contributed by atoms with Gasteiger partial charge in [-0.1, -0.05) is 132 Å². The van der Waals surface area contributed by atoms with Gasteiger partial charge in [-0.2, -0.15) is 0 Å².